The molecule has 5 nitrogen and oxygen atoms in total. The topological polar surface area (TPSA) is 91.0 Å². The van der Waals surface area contributed by atoms with Gasteiger partial charge in [-0.3, -0.25) is 0 Å². The molecule has 0 saturated heterocycles. The van der Waals surface area contributed by atoms with E-state index in [1.165, 1.54) is 12.1 Å². The Balaban J connectivity index is 1.36. The molecule has 0 spiro atoms. The van der Waals surface area contributed by atoms with Gasteiger partial charge in [-0.05, 0) is 0 Å². The number of anilines is 1. The molecule has 0 amide bonds. The van der Waals surface area contributed by atoms with E-state index in [1.54, 1.807) is 11.3 Å². The van der Waals surface area contributed by atoms with E-state index < -0.39 is 27.5 Å². The van der Waals surface area contributed by atoms with Crippen LogP contribution in [0.25, 0.3) is 21.4 Å². The summed E-state index contributed by atoms with van der Waals surface area (Å²) in [7, 11) is 0. The molecule has 4 N–H and O–H groups in total. The molecule has 1 unspecified atom stereocenters. The van der Waals surface area contributed by atoms with E-state index in [0.29, 0.717) is 17.8 Å². The fourth-order valence-electron chi connectivity index (χ4n) is 3.02. The molecule has 2 heterocycles. The van der Waals surface area contributed by atoms with Crippen LogP contribution in [0.4, 0.5) is 19.0 Å². The summed E-state index contributed by atoms with van der Waals surface area (Å²) in [6.07, 6.45) is -1.93. The van der Waals surface area contributed by atoms with Gasteiger partial charge in [-0.25, -0.2) is 0 Å². The first-order valence-electron chi connectivity index (χ1n) is 9.06. The van der Waals surface area contributed by atoms with E-state index in [4.69, 9.17) is 16.0 Å². The van der Waals surface area contributed by atoms with Crippen molar-refractivity contribution in [3.63, 3.8) is 0 Å². The Morgan fingerprint density at radius 1 is 1.13 bits per heavy atom. The Morgan fingerprint density at radius 3 is 2.63 bits per heavy atom. The van der Waals surface area contributed by atoms with Crippen molar-refractivity contribution in [2.24, 2.45) is 5.73 Å². The minimum absolute atomic E-state index is 0.109. The van der Waals surface area contributed by atoms with Crippen molar-refractivity contribution in [1.29, 1.82) is 0 Å². The Kier molecular flexibility index (Phi) is 5.86. The van der Waals surface area contributed by atoms with Crippen molar-refractivity contribution >= 4 is 47.7 Å². The third-order valence-electron chi connectivity index (χ3n) is 4.58. The quantitative estimate of drug-likeness (QED) is 0.400. The molecule has 0 aliphatic heterocycles. The number of nitrogens with two attached hydrogens (primary N) is 2. The number of thiazole rings is 1. The van der Waals surface area contributed by atoms with Crippen LogP contribution in [0.3, 0.4) is 0 Å². The van der Waals surface area contributed by atoms with Crippen molar-refractivity contribution in [2.75, 3.05) is 5.73 Å². The van der Waals surface area contributed by atoms with E-state index in [0.717, 1.165) is 42.5 Å². The first-order valence-corrected chi connectivity index (χ1v) is 12.4. The summed E-state index contributed by atoms with van der Waals surface area (Å²) in [6.45, 7) is 0. The van der Waals surface area contributed by atoms with Crippen LogP contribution >= 0.6 is 11.3 Å². The molecule has 2 aromatic carbocycles. The number of hydrogen-bond acceptors (Lipinski definition) is 6. The molecule has 0 aliphatic rings. The van der Waals surface area contributed by atoms with Gasteiger partial charge in [0.2, 0.25) is 0 Å². The molecule has 0 aliphatic carbocycles. The number of nitrogens with zero attached hydrogens (tertiary/aromatic N) is 2. The van der Waals surface area contributed by atoms with Crippen LogP contribution in [0.15, 0.2) is 53.2 Å². The minimum atomic E-state index is -4.32. The molecular formula is C20H18AsF3N4OS. The van der Waals surface area contributed by atoms with E-state index in [1.807, 2.05) is 24.4 Å². The first-order chi connectivity index (χ1) is 14.3. The number of alkyl halides is 3. The Bertz CT molecular complexity index is 1160. The molecule has 4 rings (SSSR count). The molecule has 2 atom stereocenters. The summed E-state index contributed by atoms with van der Waals surface area (Å²) in [4.78, 5) is 5.56. The van der Waals surface area contributed by atoms with Crippen LogP contribution in [0, 0.1) is 0 Å². The zero-order chi connectivity index (χ0) is 21.3. The summed E-state index contributed by atoms with van der Waals surface area (Å²) in [6, 6.07) is 10.8. The molecule has 156 valence electrons. The molecule has 30 heavy (non-hydrogen) atoms. The van der Waals surface area contributed by atoms with Gasteiger partial charge in [0.25, 0.3) is 0 Å². The Labute approximate surface area is 180 Å². The van der Waals surface area contributed by atoms with E-state index in [2.05, 4.69) is 10.1 Å². The molecular weight excluding hydrogens is 476 g/mol. The van der Waals surface area contributed by atoms with Crippen LogP contribution < -0.4 is 15.3 Å². The molecule has 2 aromatic heterocycles. The predicted molar refractivity (Wildman–Crippen MR) is 114 cm³/mol. The zero-order valence-electron chi connectivity index (χ0n) is 15.6. The second-order valence-electron chi connectivity index (χ2n) is 6.85. The predicted octanol–water partition coefficient (Wildman–Crippen LogP) is 3.60. The fraction of sp³-hybridized carbons (Fsp3) is 0.200. The van der Waals surface area contributed by atoms with Crippen molar-refractivity contribution in [2.45, 2.75) is 23.8 Å². The van der Waals surface area contributed by atoms with Crippen molar-refractivity contribution in [1.82, 2.24) is 10.1 Å². The normalized spacial score (nSPS) is 13.5. The standard InChI is InChI=1S/C20H18AsF3N4OS/c22-20(23,24)13-4-1-11(2-5-13)7-14(25)9-21-19-27-10-17(30-19)12-3-6-16-15(8-12)18(26)28-29-16/h1-6,8,10,14,21H,7,9,25H2,(H2,26,28)/t14-/m0/s1. The number of halogens is 3. The molecule has 0 radical (unpaired) electrons. The van der Waals surface area contributed by atoms with Crippen LogP contribution in [0.5, 0.6) is 0 Å². The summed E-state index contributed by atoms with van der Waals surface area (Å²) < 4.78 is 44.2. The SMILES string of the molecule is Nc1noc2ccc(-c3cnc([AsH]C[C@@H](N)Cc4ccc(C(F)(F)F)cc4)s3)cc12. The van der Waals surface area contributed by atoms with Crippen LogP contribution in [-0.4, -0.2) is 31.9 Å². The summed E-state index contributed by atoms with van der Waals surface area (Å²) in [5.74, 6) is 0.360. The van der Waals surface area contributed by atoms with Gasteiger partial charge in [0.1, 0.15) is 0 Å². The zero-order valence-corrected chi connectivity index (χ0v) is 18.5. The molecule has 0 bridgehead atoms. The van der Waals surface area contributed by atoms with Crippen molar-refractivity contribution in [3.8, 4) is 10.4 Å². The number of rotatable bonds is 6. The third kappa shape index (κ3) is 4.69. The third-order valence-corrected chi connectivity index (χ3v) is 9.27. The molecule has 4 aromatic rings. The van der Waals surface area contributed by atoms with Gasteiger partial charge in [-0.1, -0.05) is 0 Å². The van der Waals surface area contributed by atoms with Gasteiger partial charge < -0.3 is 0 Å². The monoisotopic (exact) mass is 494 g/mol. The van der Waals surface area contributed by atoms with Crippen molar-refractivity contribution < 1.29 is 17.7 Å². The maximum absolute atomic E-state index is 12.7. The summed E-state index contributed by atoms with van der Waals surface area (Å²) in [5.41, 5.74) is 13.8. The first kappa shape index (κ1) is 20.9. The van der Waals surface area contributed by atoms with E-state index in [-0.39, 0.29) is 6.04 Å². The van der Waals surface area contributed by atoms with Gasteiger partial charge in [-0.15, -0.1) is 0 Å². The van der Waals surface area contributed by atoms with Crippen LogP contribution in [-0.2, 0) is 12.6 Å². The number of hydrogen-bond donors (Lipinski definition) is 2. The number of benzene rings is 2. The van der Waals surface area contributed by atoms with E-state index in [9.17, 15) is 13.2 Å². The van der Waals surface area contributed by atoms with E-state index >= 15 is 0 Å². The Hall–Kier alpha value is -2.35. The average molecular weight is 494 g/mol. The van der Waals surface area contributed by atoms with Crippen LogP contribution in [0.1, 0.15) is 11.1 Å². The summed E-state index contributed by atoms with van der Waals surface area (Å²) >= 11 is 1.09. The van der Waals surface area contributed by atoms with Gasteiger partial charge in [-0.2, -0.15) is 0 Å². The fourth-order valence-corrected chi connectivity index (χ4v) is 6.88. The number of aromatic nitrogens is 2. The number of fused-ring (bicyclic) bond motifs is 1. The summed E-state index contributed by atoms with van der Waals surface area (Å²) in [5, 5.41) is 5.35. The average Bonchev–Trinajstić information content (AvgIpc) is 3.33. The van der Waals surface area contributed by atoms with Crippen molar-refractivity contribution in [3.05, 3.63) is 59.8 Å². The van der Waals surface area contributed by atoms with Gasteiger partial charge in [0.15, 0.2) is 0 Å². The van der Waals surface area contributed by atoms with Gasteiger partial charge >= 0.3 is 181 Å². The van der Waals surface area contributed by atoms with Gasteiger partial charge in [0.05, 0.1) is 0 Å². The molecule has 0 fully saturated rings. The maximum atomic E-state index is 12.7. The molecule has 10 heteroatoms. The van der Waals surface area contributed by atoms with Gasteiger partial charge in [0, 0.05) is 0 Å². The second kappa shape index (κ2) is 8.41. The Morgan fingerprint density at radius 2 is 1.90 bits per heavy atom. The van der Waals surface area contributed by atoms with Crippen LogP contribution in [0.2, 0.25) is 5.21 Å². The second-order valence-corrected chi connectivity index (χ2v) is 11.2. The molecule has 0 saturated carbocycles. The number of nitrogen functional groups attached to an aromatic ring is 1.